The van der Waals surface area contributed by atoms with Crippen molar-refractivity contribution in [3.63, 3.8) is 0 Å². The average Bonchev–Trinajstić information content (AvgIpc) is 3.17. The lowest BCUT2D eigenvalue weighted by molar-refractivity contribution is 0.0384. The third-order valence-corrected chi connectivity index (χ3v) is 4.72. The highest BCUT2D eigenvalue weighted by Crippen LogP contribution is 2.42. The Morgan fingerprint density at radius 3 is 2.79 bits per heavy atom. The maximum Gasteiger partial charge on any atom is 0.347 e. The molecule has 1 aromatic rings. The van der Waals surface area contributed by atoms with Crippen LogP contribution in [0.1, 0.15) is 39.1 Å². The molecule has 1 saturated heterocycles. The molecule has 1 aromatic heterocycles. The number of carboxylic acid groups (broad SMARTS) is 1. The van der Waals surface area contributed by atoms with Gasteiger partial charge in [0.05, 0.1) is 23.9 Å². The van der Waals surface area contributed by atoms with Crippen molar-refractivity contribution in [2.75, 3.05) is 32.8 Å². The quantitative estimate of drug-likeness (QED) is 0.888. The van der Waals surface area contributed by atoms with Crippen LogP contribution in [0.4, 0.5) is 0 Å². The van der Waals surface area contributed by atoms with Crippen LogP contribution in [0.3, 0.4) is 0 Å². The van der Waals surface area contributed by atoms with E-state index in [1.54, 1.807) is 0 Å². The van der Waals surface area contributed by atoms with Gasteiger partial charge < -0.3 is 9.84 Å². The fourth-order valence-electron chi connectivity index (χ4n) is 2.35. The maximum absolute atomic E-state index is 11.2. The van der Waals surface area contributed by atoms with Crippen molar-refractivity contribution in [2.45, 2.75) is 25.2 Å². The molecule has 0 amide bonds. The summed E-state index contributed by atoms with van der Waals surface area (Å²) in [6.07, 6.45) is 3.03. The fourth-order valence-corrected chi connectivity index (χ4v) is 3.33. The zero-order valence-electron chi connectivity index (χ0n) is 10.8. The number of ether oxygens (including phenoxy) is 1. The van der Waals surface area contributed by atoms with E-state index in [1.165, 1.54) is 11.3 Å². The van der Waals surface area contributed by atoms with Gasteiger partial charge in [0.2, 0.25) is 0 Å². The van der Waals surface area contributed by atoms with E-state index in [9.17, 15) is 9.90 Å². The van der Waals surface area contributed by atoms with Crippen molar-refractivity contribution in [3.05, 3.63) is 15.6 Å². The van der Waals surface area contributed by atoms with Crippen molar-refractivity contribution >= 4 is 17.3 Å². The van der Waals surface area contributed by atoms with E-state index in [0.29, 0.717) is 10.8 Å². The molecule has 3 rings (SSSR count). The Hall–Kier alpha value is -0.980. The molecule has 104 valence electrons. The molecule has 2 fully saturated rings. The minimum absolute atomic E-state index is 0.402. The number of nitrogens with zero attached hydrogens (tertiary/aromatic N) is 2. The zero-order chi connectivity index (χ0) is 13.2. The summed E-state index contributed by atoms with van der Waals surface area (Å²) in [5, 5.41) is 10.2. The Morgan fingerprint density at radius 2 is 2.16 bits per heavy atom. The summed E-state index contributed by atoms with van der Waals surface area (Å²) in [7, 11) is 0. The minimum atomic E-state index is -0.822. The Labute approximate surface area is 116 Å². The topological polar surface area (TPSA) is 62.7 Å². The van der Waals surface area contributed by atoms with E-state index < -0.39 is 5.97 Å². The summed E-state index contributed by atoms with van der Waals surface area (Å²) in [5.74, 6) is -0.420. The van der Waals surface area contributed by atoms with Crippen molar-refractivity contribution in [1.82, 2.24) is 9.88 Å². The molecule has 0 unspecified atom stereocenters. The number of hydrogen-bond donors (Lipinski definition) is 1. The summed E-state index contributed by atoms with van der Waals surface area (Å²) < 4.78 is 5.31. The van der Waals surface area contributed by atoms with Gasteiger partial charge in [-0.15, -0.1) is 11.3 Å². The molecule has 5 nitrogen and oxygen atoms in total. The second-order valence-electron chi connectivity index (χ2n) is 5.11. The van der Waals surface area contributed by atoms with Crippen molar-refractivity contribution < 1.29 is 14.6 Å². The second-order valence-corrected chi connectivity index (χ2v) is 6.19. The number of hydrogen-bond acceptors (Lipinski definition) is 5. The Morgan fingerprint density at radius 1 is 1.42 bits per heavy atom. The highest BCUT2D eigenvalue weighted by Gasteiger charge is 2.32. The number of aromatic nitrogens is 1. The Kier molecular flexibility index (Phi) is 3.81. The molecule has 0 aromatic carbocycles. The van der Waals surface area contributed by atoms with E-state index in [1.807, 2.05) is 0 Å². The van der Waals surface area contributed by atoms with Gasteiger partial charge in [0.25, 0.3) is 0 Å². The van der Waals surface area contributed by atoms with Gasteiger partial charge in [-0.1, -0.05) is 0 Å². The lowest BCUT2D eigenvalue weighted by Gasteiger charge is -2.25. The third-order valence-electron chi connectivity index (χ3n) is 3.60. The van der Waals surface area contributed by atoms with Gasteiger partial charge in [0, 0.05) is 32.0 Å². The lowest BCUT2D eigenvalue weighted by atomic mass is 10.2. The largest absolute Gasteiger partial charge is 0.477 e. The molecule has 19 heavy (non-hydrogen) atoms. The van der Waals surface area contributed by atoms with Crippen LogP contribution in [-0.2, 0) is 11.2 Å². The molecular formula is C13H18N2O3S. The van der Waals surface area contributed by atoms with Crippen molar-refractivity contribution in [2.24, 2.45) is 0 Å². The minimum Gasteiger partial charge on any atom is -0.477 e. The summed E-state index contributed by atoms with van der Waals surface area (Å²) in [5.41, 5.74) is 0.828. The Balaban J connectivity index is 1.63. The second kappa shape index (κ2) is 5.56. The number of carbonyl (C=O) groups is 1. The molecule has 1 N–H and O–H groups in total. The molecule has 1 aliphatic carbocycles. The van der Waals surface area contributed by atoms with Crippen LogP contribution >= 0.6 is 11.3 Å². The van der Waals surface area contributed by atoms with Crippen LogP contribution in [0.5, 0.6) is 0 Å². The summed E-state index contributed by atoms with van der Waals surface area (Å²) in [6.45, 7) is 4.47. The first-order chi connectivity index (χ1) is 9.24. The zero-order valence-corrected chi connectivity index (χ0v) is 11.6. The molecule has 0 atom stereocenters. The number of aromatic carboxylic acids is 1. The maximum atomic E-state index is 11.2. The van der Waals surface area contributed by atoms with Crippen LogP contribution in [0, 0.1) is 0 Å². The van der Waals surface area contributed by atoms with Crippen LogP contribution in [0.2, 0.25) is 0 Å². The Bertz CT molecular complexity index is 464. The van der Waals surface area contributed by atoms with Gasteiger partial charge >= 0.3 is 5.97 Å². The van der Waals surface area contributed by atoms with Gasteiger partial charge in [0.1, 0.15) is 4.88 Å². The fraction of sp³-hybridized carbons (Fsp3) is 0.692. The van der Waals surface area contributed by atoms with Crippen molar-refractivity contribution in [1.29, 1.82) is 0 Å². The van der Waals surface area contributed by atoms with Gasteiger partial charge in [0.15, 0.2) is 0 Å². The molecular weight excluding hydrogens is 264 g/mol. The van der Waals surface area contributed by atoms with E-state index in [4.69, 9.17) is 4.74 Å². The molecule has 0 bridgehead atoms. The summed E-state index contributed by atoms with van der Waals surface area (Å²) in [6, 6.07) is 0. The standard InChI is InChI=1S/C13H18N2O3S/c16-13(17)12-11(9-1-2-9)14-10(19-12)3-4-15-5-7-18-8-6-15/h9H,1-8H2,(H,16,17). The highest BCUT2D eigenvalue weighted by atomic mass is 32.1. The van der Waals surface area contributed by atoms with Gasteiger partial charge in [-0.3, -0.25) is 4.90 Å². The number of thiazole rings is 1. The summed E-state index contributed by atoms with van der Waals surface area (Å²) in [4.78, 5) is 18.6. The third kappa shape index (κ3) is 3.13. The molecule has 2 aliphatic rings. The molecule has 2 heterocycles. The van der Waals surface area contributed by atoms with Crippen LogP contribution in [-0.4, -0.2) is 53.8 Å². The van der Waals surface area contributed by atoms with E-state index >= 15 is 0 Å². The monoisotopic (exact) mass is 282 g/mol. The molecule has 1 aliphatic heterocycles. The molecule has 0 radical (unpaired) electrons. The van der Waals surface area contributed by atoms with E-state index in [2.05, 4.69) is 9.88 Å². The van der Waals surface area contributed by atoms with Gasteiger partial charge in [-0.05, 0) is 12.8 Å². The number of carboxylic acids is 1. The predicted molar refractivity (Wildman–Crippen MR) is 72.0 cm³/mol. The average molecular weight is 282 g/mol. The van der Waals surface area contributed by atoms with Gasteiger partial charge in [-0.2, -0.15) is 0 Å². The lowest BCUT2D eigenvalue weighted by Crippen LogP contribution is -2.37. The SMILES string of the molecule is O=C(O)c1sc(CCN2CCOCC2)nc1C1CC1. The van der Waals surface area contributed by atoms with Crippen LogP contribution in [0.25, 0.3) is 0 Å². The molecule has 0 spiro atoms. The highest BCUT2D eigenvalue weighted by molar-refractivity contribution is 7.13. The smallest absolute Gasteiger partial charge is 0.347 e. The van der Waals surface area contributed by atoms with E-state index in [0.717, 1.165) is 62.8 Å². The summed E-state index contributed by atoms with van der Waals surface area (Å²) >= 11 is 1.36. The first-order valence-corrected chi connectivity index (χ1v) is 7.58. The first-order valence-electron chi connectivity index (χ1n) is 6.77. The number of morpholine rings is 1. The van der Waals surface area contributed by atoms with E-state index in [-0.39, 0.29) is 0 Å². The van der Waals surface area contributed by atoms with Crippen LogP contribution < -0.4 is 0 Å². The van der Waals surface area contributed by atoms with Crippen molar-refractivity contribution in [3.8, 4) is 0 Å². The molecule has 6 heteroatoms. The normalized spacial score (nSPS) is 20.6. The first kappa shape index (κ1) is 13.0. The van der Waals surface area contributed by atoms with Gasteiger partial charge in [-0.25, -0.2) is 9.78 Å². The molecule has 1 saturated carbocycles. The predicted octanol–water partition coefficient (Wildman–Crippen LogP) is 1.59. The number of rotatable bonds is 5. The van der Waals surface area contributed by atoms with Crippen LogP contribution in [0.15, 0.2) is 0 Å².